The highest BCUT2D eigenvalue weighted by Crippen LogP contribution is 2.27. The molecule has 0 radical (unpaired) electrons. The van der Waals surface area contributed by atoms with Crippen molar-refractivity contribution in [3.05, 3.63) is 39.8 Å². The molecule has 3 aromatic heterocycles. The summed E-state index contributed by atoms with van der Waals surface area (Å²) in [5.74, 6) is 1.37. The van der Waals surface area contributed by atoms with Gasteiger partial charge < -0.3 is 4.52 Å². The molecule has 0 aliphatic carbocycles. The maximum absolute atomic E-state index is 11.2. The molecule has 19 heavy (non-hydrogen) atoms. The van der Waals surface area contributed by atoms with Crippen molar-refractivity contribution in [2.24, 2.45) is 7.05 Å². The molecule has 0 fully saturated rings. The van der Waals surface area contributed by atoms with E-state index < -0.39 is 0 Å². The van der Waals surface area contributed by atoms with Crippen LogP contribution in [-0.2, 0) is 12.8 Å². The van der Waals surface area contributed by atoms with E-state index in [0.29, 0.717) is 10.9 Å². The lowest BCUT2D eigenvalue weighted by atomic mass is 10.3. The molecular weight excluding hydrogens is 284 g/mol. The smallest absolute Gasteiger partial charge is 0.343 e. The summed E-state index contributed by atoms with van der Waals surface area (Å²) in [7, 11) is 1.67. The van der Waals surface area contributed by atoms with Crippen LogP contribution in [0.25, 0.3) is 10.6 Å². The zero-order valence-corrected chi connectivity index (χ0v) is 11.6. The molecule has 0 saturated carbocycles. The minimum atomic E-state index is -0.220. The number of thiophene rings is 1. The van der Waals surface area contributed by atoms with E-state index in [1.54, 1.807) is 18.4 Å². The maximum atomic E-state index is 11.2. The number of hydrogen-bond acceptors (Lipinski definition) is 6. The summed E-state index contributed by atoms with van der Waals surface area (Å²) >= 11 is 3.04. The molecule has 3 aromatic rings. The molecule has 8 heteroatoms. The van der Waals surface area contributed by atoms with Crippen molar-refractivity contribution < 1.29 is 4.52 Å². The number of H-pyrrole nitrogens is 1. The Balaban J connectivity index is 1.71. The van der Waals surface area contributed by atoms with Gasteiger partial charge >= 0.3 is 5.69 Å². The van der Waals surface area contributed by atoms with Gasteiger partial charge in [0.2, 0.25) is 0 Å². The van der Waals surface area contributed by atoms with Gasteiger partial charge in [-0.1, -0.05) is 23.0 Å². The number of thioether (sulfide) groups is 1. The number of rotatable bonds is 4. The van der Waals surface area contributed by atoms with E-state index in [1.807, 2.05) is 23.6 Å². The van der Waals surface area contributed by atoms with E-state index in [-0.39, 0.29) is 5.69 Å². The van der Waals surface area contributed by atoms with Gasteiger partial charge in [0, 0.05) is 18.9 Å². The van der Waals surface area contributed by atoms with E-state index in [9.17, 15) is 4.79 Å². The Kier molecular flexibility index (Phi) is 3.26. The predicted molar refractivity (Wildman–Crippen MR) is 73.2 cm³/mol. The Labute approximate surface area is 116 Å². The average molecular weight is 294 g/mol. The van der Waals surface area contributed by atoms with Gasteiger partial charge in [-0.05, 0) is 11.4 Å². The second-order valence-corrected chi connectivity index (χ2v) is 5.71. The minimum Gasteiger partial charge on any atom is -0.355 e. The van der Waals surface area contributed by atoms with Crippen molar-refractivity contribution >= 4 is 23.1 Å². The summed E-state index contributed by atoms with van der Waals surface area (Å²) in [5.41, 5.74) is 0.603. The molecule has 6 nitrogen and oxygen atoms in total. The van der Waals surface area contributed by atoms with Crippen molar-refractivity contribution in [1.29, 1.82) is 0 Å². The lowest BCUT2D eigenvalue weighted by Gasteiger charge is -1.95. The highest BCUT2D eigenvalue weighted by molar-refractivity contribution is 7.98. The summed E-state index contributed by atoms with van der Waals surface area (Å²) in [6.07, 6.45) is 0. The Bertz CT molecular complexity index is 726. The van der Waals surface area contributed by atoms with Crippen molar-refractivity contribution in [1.82, 2.24) is 19.9 Å². The molecule has 3 heterocycles. The monoisotopic (exact) mass is 294 g/mol. The standard InChI is InChI=1S/C11H10N4O2S2/c1-15-10(16)12-13-11(15)19-6-7-5-8(17-14-7)9-3-2-4-18-9/h2-5H,6H2,1H3,(H,12,16). The molecule has 0 unspecified atom stereocenters. The first kappa shape index (κ1) is 12.2. The number of nitrogens with one attached hydrogen (secondary N) is 1. The third kappa shape index (κ3) is 2.49. The highest BCUT2D eigenvalue weighted by atomic mass is 32.2. The third-order valence-corrected chi connectivity index (χ3v) is 4.46. The van der Waals surface area contributed by atoms with E-state index in [1.165, 1.54) is 16.3 Å². The summed E-state index contributed by atoms with van der Waals surface area (Å²) < 4.78 is 6.75. The lowest BCUT2D eigenvalue weighted by molar-refractivity contribution is 0.427. The van der Waals surface area contributed by atoms with E-state index >= 15 is 0 Å². The molecule has 0 spiro atoms. The molecule has 0 saturated heterocycles. The lowest BCUT2D eigenvalue weighted by Crippen LogP contribution is -2.12. The first-order valence-electron chi connectivity index (χ1n) is 5.47. The van der Waals surface area contributed by atoms with Crippen LogP contribution in [0.2, 0.25) is 0 Å². The minimum absolute atomic E-state index is 0.220. The fourth-order valence-electron chi connectivity index (χ4n) is 1.51. The van der Waals surface area contributed by atoms with E-state index in [4.69, 9.17) is 4.52 Å². The van der Waals surface area contributed by atoms with Gasteiger partial charge in [0.1, 0.15) is 0 Å². The summed E-state index contributed by atoms with van der Waals surface area (Å²) in [6.45, 7) is 0. The van der Waals surface area contributed by atoms with Crippen LogP contribution in [-0.4, -0.2) is 19.9 Å². The molecule has 0 atom stereocenters. The summed E-state index contributed by atoms with van der Waals surface area (Å²) in [5, 5.41) is 12.9. The molecule has 0 bridgehead atoms. The summed E-state index contributed by atoms with van der Waals surface area (Å²) in [6, 6.07) is 5.86. The van der Waals surface area contributed by atoms with Crippen LogP contribution in [0.4, 0.5) is 0 Å². The van der Waals surface area contributed by atoms with Gasteiger partial charge in [0.05, 0.1) is 10.6 Å². The first-order chi connectivity index (χ1) is 9.24. The Morgan fingerprint density at radius 3 is 3.16 bits per heavy atom. The molecule has 3 rings (SSSR count). The van der Waals surface area contributed by atoms with Gasteiger partial charge in [-0.15, -0.1) is 16.4 Å². The van der Waals surface area contributed by atoms with Gasteiger partial charge in [-0.3, -0.25) is 4.57 Å². The van der Waals surface area contributed by atoms with Crippen LogP contribution in [0.3, 0.4) is 0 Å². The Morgan fingerprint density at radius 1 is 1.58 bits per heavy atom. The van der Waals surface area contributed by atoms with Crippen LogP contribution in [0.15, 0.2) is 38.1 Å². The molecule has 0 aliphatic heterocycles. The zero-order valence-electron chi connectivity index (χ0n) is 9.99. The van der Waals surface area contributed by atoms with Crippen LogP contribution < -0.4 is 5.69 Å². The predicted octanol–water partition coefficient (Wildman–Crippen LogP) is 2.12. The largest absolute Gasteiger partial charge is 0.355 e. The van der Waals surface area contributed by atoms with Crippen LogP contribution in [0.5, 0.6) is 0 Å². The topological polar surface area (TPSA) is 76.7 Å². The molecule has 1 N–H and O–H groups in total. The maximum Gasteiger partial charge on any atom is 0.343 e. The van der Waals surface area contributed by atoms with Gasteiger partial charge in [0.25, 0.3) is 0 Å². The molecule has 0 aliphatic rings. The summed E-state index contributed by atoms with van der Waals surface area (Å²) in [4.78, 5) is 12.3. The SMILES string of the molecule is Cn1c(SCc2cc(-c3cccs3)on2)n[nH]c1=O. The quantitative estimate of drug-likeness (QED) is 0.746. The van der Waals surface area contributed by atoms with Crippen LogP contribution >= 0.6 is 23.1 Å². The zero-order chi connectivity index (χ0) is 13.2. The molecule has 98 valence electrons. The average Bonchev–Trinajstić information content (AvgIpc) is 3.11. The molecule has 0 aromatic carbocycles. The number of aromatic nitrogens is 4. The van der Waals surface area contributed by atoms with E-state index in [0.717, 1.165) is 16.3 Å². The molecular formula is C11H10N4O2S2. The van der Waals surface area contributed by atoms with Gasteiger partial charge in [-0.25, -0.2) is 9.89 Å². The normalized spacial score (nSPS) is 11.0. The molecule has 0 amide bonds. The second kappa shape index (κ2) is 5.06. The fraction of sp³-hybridized carbons (Fsp3) is 0.182. The first-order valence-corrected chi connectivity index (χ1v) is 7.34. The fourth-order valence-corrected chi connectivity index (χ4v) is 2.99. The van der Waals surface area contributed by atoms with Crippen LogP contribution in [0, 0.1) is 0 Å². The highest BCUT2D eigenvalue weighted by Gasteiger charge is 2.10. The number of aromatic amines is 1. The Morgan fingerprint density at radius 2 is 2.47 bits per heavy atom. The Hall–Kier alpha value is -1.80. The third-order valence-electron chi connectivity index (χ3n) is 2.51. The van der Waals surface area contributed by atoms with Gasteiger partial charge in [0.15, 0.2) is 10.9 Å². The number of nitrogens with zero attached hydrogens (tertiary/aromatic N) is 3. The van der Waals surface area contributed by atoms with Gasteiger partial charge in [-0.2, -0.15) is 0 Å². The van der Waals surface area contributed by atoms with Crippen molar-refractivity contribution in [2.75, 3.05) is 0 Å². The van der Waals surface area contributed by atoms with Crippen molar-refractivity contribution in [3.63, 3.8) is 0 Å². The number of hydrogen-bond donors (Lipinski definition) is 1. The van der Waals surface area contributed by atoms with E-state index in [2.05, 4.69) is 15.4 Å². The van der Waals surface area contributed by atoms with Crippen molar-refractivity contribution in [3.8, 4) is 10.6 Å². The van der Waals surface area contributed by atoms with Crippen molar-refractivity contribution in [2.45, 2.75) is 10.9 Å². The second-order valence-electron chi connectivity index (χ2n) is 3.82. The van der Waals surface area contributed by atoms with Crippen LogP contribution in [0.1, 0.15) is 5.69 Å².